The lowest BCUT2D eigenvalue weighted by molar-refractivity contribution is -0.139. The number of piperazine rings is 1. The van der Waals surface area contributed by atoms with Crippen LogP contribution in [0.1, 0.15) is 6.92 Å². The molecule has 0 aliphatic carbocycles. The fourth-order valence-corrected chi connectivity index (χ4v) is 2.37. The molecule has 2 rings (SSSR count). The third-order valence-electron chi connectivity index (χ3n) is 3.76. The fraction of sp³-hybridized carbons (Fsp3) is 0.500. The van der Waals surface area contributed by atoms with Crippen LogP contribution in [0, 0.1) is 0 Å². The van der Waals surface area contributed by atoms with Crippen LogP contribution in [0.3, 0.4) is 0 Å². The number of ether oxygens (including phenoxy) is 3. The number of carbonyl (C=O) groups is 2. The van der Waals surface area contributed by atoms with Gasteiger partial charge < -0.3 is 24.0 Å². The van der Waals surface area contributed by atoms with Gasteiger partial charge in [-0.05, 0) is 0 Å². The summed E-state index contributed by atoms with van der Waals surface area (Å²) < 4.78 is 15.9. The molecule has 7 nitrogen and oxygen atoms in total. The van der Waals surface area contributed by atoms with E-state index in [1.54, 1.807) is 42.2 Å². The van der Waals surface area contributed by atoms with Crippen molar-refractivity contribution in [3.63, 3.8) is 0 Å². The van der Waals surface area contributed by atoms with E-state index in [1.807, 2.05) is 0 Å². The molecule has 0 bridgehead atoms. The summed E-state index contributed by atoms with van der Waals surface area (Å²) in [4.78, 5) is 26.9. The summed E-state index contributed by atoms with van der Waals surface area (Å²) in [5.74, 6) is 1.65. The molecule has 1 aromatic rings. The van der Waals surface area contributed by atoms with Gasteiger partial charge in [-0.1, -0.05) is 0 Å². The number of benzene rings is 1. The number of hydrogen-bond acceptors (Lipinski definition) is 5. The van der Waals surface area contributed by atoms with Gasteiger partial charge in [-0.3, -0.25) is 9.59 Å². The molecule has 0 saturated carbocycles. The van der Waals surface area contributed by atoms with Gasteiger partial charge in [0, 0.05) is 51.3 Å². The molecule has 1 aliphatic rings. The van der Waals surface area contributed by atoms with Gasteiger partial charge in [0.15, 0.2) is 6.61 Å². The van der Waals surface area contributed by atoms with Crippen molar-refractivity contribution in [2.24, 2.45) is 0 Å². The smallest absolute Gasteiger partial charge is 0.260 e. The zero-order chi connectivity index (χ0) is 16.8. The van der Waals surface area contributed by atoms with Crippen molar-refractivity contribution in [1.29, 1.82) is 0 Å². The maximum atomic E-state index is 12.2. The van der Waals surface area contributed by atoms with Gasteiger partial charge in [-0.15, -0.1) is 0 Å². The summed E-state index contributed by atoms with van der Waals surface area (Å²) in [5, 5.41) is 0. The molecule has 1 saturated heterocycles. The van der Waals surface area contributed by atoms with Crippen molar-refractivity contribution in [1.82, 2.24) is 9.80 Å². The van der Waals surface area contributed by atoms with Gasteiger partial charge in [-0.2, -0.15) is 0 Å². The van der Waals surface area contributed by atoms with Crippen molar-refractivity contribution in [3.8, 4) is 17.2 Å². The van der Waals surface area contributed by atoms with Crippen LogP contribution in [0.5, 0.6) is 17.2 Å². The molecule has 1 heterocycles. The SMILES string of the molecule is COc1cc(OC)cc(OCC(=O)N2CCN(C(C)=O)CC2)c1. The minimum absolute atomic E-state index is 0.0387. The highest BCUT2D eigenvalue weighted by atomic mass is 16.5. The number of rotatable bonds is 5. The Bertz CT molecular complexity index is 545. The molecule has 2 amide bonds. The lowest BCUT2D eigenvalue weighted by Crippen LogP contribution is -2.51. The Morgan fingerprint density at radius 3 is 1.87 bits per heavy atom. The molecular weight excluding hydrogens is 300 g/mol. The summed E-state index contributed by atoms with van der Waals surface area (Å²) in [6.07, 6.45) is 0. The van der Waals surface area contributed by atoms with Crippen LogP contribution in [0.4, 0.5) is 0 Å². The van der Waals surface area contributed by atoms with Gasteiger partial charge >= 0.3 is 0 Å². The van der Waals surface area contributed by atoms with E-state index < -0.39 is 0 Å². The average Bonchev–Trinajstić information content (AvgIpc) is 2.59. The maximum Gasteiger partial charge on any atom is 0.260 e. The number of methoxy groups -OCH3 is 2. The lowest BCUT2D eigenvalue weighted by Gasteiger charge is -2.34. The molecule has 0 atom stereocenters. The number of hydrogen-bond donors (Lipinski definition) is 0. The third kappa shape index (κ3) is 4.51. The minimum atomic E-state index is -0.102. The third-order valence-corrected chi connectivity index (χ3v) is 3.76. The van der Waals surface area contributed by atoms with E-state index in [0.717, 1.165) is 0 Å². The summed E-state index contributed by atoms with van der Waals surface area (Å²) in [6.45, 7) is 3.67. The predicted molar refractivity (Wildman–Crippen MR) is 83.9 cm³/mol. The number of amides is 2. The van der Waals surface area contributed by atoms with Crippen LogP contribution < -0.4 is 14.2 Å². The highest BCUT2D eigenvalue weighted by Gasteiger charge is 2.22. The summed E-state index contributed by atoms with van der Waals surface area (Å²) >= 11 is 0. The molecule has 0 aromatic heterocycles. The Kier molecular flexibility index (Phi) is 5.67. The predicted octanol–water partition coefficient (Wildman–Crippen LogP) is 0.773. The van der Waals surface area contributed by atoms with Crippen LogP contribution in [0.25, 0.3) is 0 Å². The zero-order valence-corrected chi connectivity index (χ0v) is 13.7. The fourth-order valence-electron chi connectivity index (χ4n) is 2.37. The number of nitrogens with zero attached hydrogens (tertiary/aromatic N) is 2. The Labute approximate surface area is 135 Å². The Morgan fingerprint density at radius 1 is 0.913 bits per heavy atom. The molecule has 7 heteroatoms. The van der Waals surface area contributed by atoms with Crippen molar-refractivity contribution >= 4 is 11.8 Å². The lowest BCUT2D eigenvalue weighted by atomic mass is 10.3. The molecule has 1 aliphatic heterocycles. The van der Waals surface area contributed by atoms with Crippen LogP contribution in [-0.2, 0) is 9.59 Å². The molecule has 0 unspecified atom stereocenters. The first-order chi connectivity index (χ1) is 11.0. The molecule has 0 N–H and O–H groups in total. The second kappa shape index (κ2) is 7.71. The van der Waals surface area contributed by atoms with Gasteiger partial charge in [0.2, 0.25) is 5.91 Å². The number of carbonyl (C=O) groups excluding carboxylic acids is 2. The van der Waals surface area contributed by atoms with Gasteiger partial charge in [0.25, 0.3) is 5.91 Å². The minimum Gasteiger partial charge on any atom is -0.496 e. The van der Waals surface area contributed by atoms with Gasteiger partial charge in [0.1, 0.15) is 17.2 Å². The van der Waals surface area contributed by atoms with E-state index in [-0.39, 0.29) is 18.4 Å². The normalized spacial score (nSPS) is 14.4. The van der Waals surface area contributed by atoms with E-state index in [4.69, 9.17) is 14.2 Å². The van der Waals surface area contributed by atoms with Gasteiger partial charge in [0.05, 0.1) is 14.2 Å². The molecular formula is C16H22N2O5. The molecule has 23 heavy (non-hydrogen) atoms. The molecule has 0 radical (unpaired) electrons. The molecule has 1 fully saturated rings. The van der Waals surface area contributed by atoms with Gasteiger partial charge in [-0.25, -0.2) is 0 Å². The second-order valence-corrected chi connectivity index (χ2v) is 5.22. The van der Waals surface area contributed by atoms with Crippen LogP contribution in [0.15, 0.2) is 18.2 Å². The summed E-state index contributed by atoms with van der Waals surface area (Å²) in [5.41, 5.74) is 0. The zero-order valence-electron chi connectivity index (χ0n) is 13.7. The van der Waals surface area contributed by atoms with E-state index in [1.165, 1.54) is 6.92 Å². The monoisotopic (exact) mass is 322 g/mol. The van der Waals surface area contributed by atoms with Crippen molar-refractivity contribution in [2.75, 3.05) is 47.0 Å². The molecule has 126 valence electrons. The van der Waals surface area contributed by atoms with Crippen molar-refractivity contribution in [2.45, 2.75) is 6.92 Å². The van der Waals surface area contributed by atoms with E-state index in [0.29, 0.717) is 43.4 Å². The first-order valence-electron chi connectivity index (χ1n) is 7.42. The molecule has 1 aromatic carbocycles. The topological polar surface area (TPSA) is 68.3 Å². The van der Waals surface area contributed by atoms with Crippen molar-refractivity contribution in [3.05, 3.63) is 18.2 Å². The highest BCUT2D eigenvalue weighted by Crippen LogP contribution is 2.27. The largest absolute Gasteiger partial charge is 0.496 e. The van der Waals surface area contributed by atoms with Crippen LogP contribution in [0.2, 0.25) is 0 Å². The summed E-state index contributed by atoms with van der Waals surface area (Å²) in [7, 11) is 3.11. The Hall–Kier alpha value is -2.44. The molecule has 0 spiro atoms. The van der Waals surface area contributed by atoms with E-state index in [2.05, 4.69) is 0 Å². The first-order valence-corrected chi connectivity index (χ1v) is 7.42. The van der Waals surface area contributed by atoms with E-state index >= 15 is 0 Å². The van der Waals surface area contributed by atoms with Crippen LogP contribution in [-0.4, -0.2) is 68.6 Å². The Balaban J connectivity index is 1.88. The first kappa shape index (κ1) is 16.9. The summed E-state index contributed by atoms with van der Waals surface area (Å²) in [6, 6.07) is 5.13. The Morgan fingerprint density at radius 2 is 1.39 bits per heavy atom. The average molecular weight is 322 g/mol. The van der Waals surface area contributed by atoms with Crippen molar-refractivity contribution < 1.29 is 23.8 Å². The quantitative estimate of drug-likeness (QED) is 0.801. The maximum absolute atomic E-state index is 12.2. The van der Waals surface area contributed by atoms with E-state index in [9.17, 15) is 9.59 Å². The highest BCUT2D eigenvalue weighted by molar-refractivity contribution is 5.78. The second-order valence-electron chi connectivity index (χ2n) is 5.22. The van der Waals surface area contributed by atoms with Crippen LogP contribution >= 0.6 is 0 Å². The standard InChI is InChI=1S/C16H22N2O5/c1-12(19)17-4-6-18(7-5-17)16(20)11-23-15-9-13(21-2)8-14(10-15)22-3/h8-10H,4-7,11H2,1-3H3.